The summed E-state index contributed by atoms with van der Waals surface area (Å²) in [6, 6.07) is 3.57. The van der Waals surface area contributed by atoms with Crippen molar-refractivity contribution in [2.24, 2.45) is 0 Å². The van der Waals surface area contributed by atoms with Crippen LogP contribution < -0.4 is 10.6 Å². The van der Waals surface area contributed by atoms with Crippen LogP contribution in [0.4, 0.5) is 5.69 Å². The van der Waals surface area contributed by atoms with Gasteiger partial charge in [-0.25, -0.2) is 0 Å². The molecule has 0 radical (unpaired) electrons. The number of hydrogen-bond donors (Lipinski definition) is 2. The molecule has 0 aliphatic rings. The topological polar surface area (TPSA) is 76.1 Å². The number of nitrogens with one attached hydrogen (secondary N) is 2. The van der Waals surface area contributed by atoms with Gasteiger partial charge in [0.2, 0.25) is 5.91 Å². The maximum absolute atomic E-state index is 11.8. The number of anilines is 1. The fraction of sp³-hybridized carbons (Fsp3) is 0.308. The number of carbonyl (C=O) groups excluding carboxylic acids is 1. The zero-order chi connectivity index (χ0) is 13.5. The Morgan fingerprint density at radius 3 is 2.86 bits per heavy atom. The van der Waals surface area contributed by atoms with E-state index in [1.165, 1.54) is 0 Å². The summed E-state index contributed by atoms with van der Waals surface area (Å²) >= 11 is 0. The second-order valence-electron chi connectivity index (χ2n) is 3.97. The molecule has 0 saturated heterocycles. The van der Waals surface area contributed by atoms with Gasteiger partial charge in [-0.05, 0) is 12.1 Å². The molecule has 8 heteroatoms. The predicted octanol–water partition coefficient (Wildman–Crippen LogP) is 1.65. The third-order valence-corrected chi connectivity index (χ3v) is 2.59. The summed E-state index contributed by atoms with van der Waals surface area (Å²) in [6.45, 7) is 1.46. The normalized spacial score (nSPS) is 9.57. The minimum Gasteiger partial charge on any atom is -0.383 e. The summed E-state index contributed by atoms with van der Waals surface area (Å²) in [5.41, 5.74) is 1.52. The van der Waals surface area contributed by atoms with E-state index < -0.39 is 0 Å². The van der Waals surface area contributed by atoms with Crippen LogP contribution >= 0.6 is 24.8 Å². The Labute approximate surface area is 135 Å². The van der Waals surface area contributed by atoms with E-state index in [4.69, 9.17) is 4.74 Å². The van der Waals surface area contributed by atoms with Gasteiger partial charge in [0.25, 0.3) is 0 Å². The van der Waals surface area contributed by atoms with E-state index >= 15 is 0 Å². The number of fused-ring (bicyclic) bond motifs is 1. The fourth-order valence-electron chi connectivity index (χ4n) is 1.67. The van der Waals surface area contributed by atoms with E-state index in [-0.39, 0.29) is 37.3 Å². The molecule has 0 bridgehead atoms. The first-order valence-corrected chi connectivity index (χ1v) is 5.99. The van der Waals surface area contributed by atoms with Gasteiger partial charge in [-0.2, -0.15) is 0 Å². The number of pyridine rings is 2. The van der Waals surface area contributed by atoms with Gasteiger partial charge in [0.05, 0.1) is 24.4 Å². The molecule has 6 nitrogen and oxygen atoms in total. The molecular formula is C13H18Cl2N4O2. The van der Waals surface area contributed by atoms with Crippen molar-refractivity contribution in [2.45, 2.75) is 0 Å². The highest BCUT2D eigenvalue weighted by atomic mass is 35.5. The molecule has 2 N–H and O–H groups in total. The maximum Gasteiger partial charge on any atom is 0.238 e. The molecule has 0 saturated carbocycles. The van der Waals surface area contributed by atoms with Crippen molar-refractivity contribution >= 4 is 47.3 Å². The van der Waals surface area contributed by atoms with E-state index in [0.717, 1.165) is 16.6 Å². The Hall–Kier alpha value is -1.47. The molecular weight excluding hydrogens is 315 g/mol. The molecule has 2 aromatic heterocycles. The Morgan fingerprint density at radius 2 is 2.10 bits per heavy atom. The van der Waals surface area contributed by atoms with Crippen LogP contribution in [0, 0.1) is 0 Å². The van der Waals surface area contributed by atoms with Gasteiger partial charge in [-0.15, -0.1) is 24.8 Å². The lowest BCUT2D eigenvalue weighted by Gasteiger charge is -2.08. The van der Waals surface area contributed by atoms with E-state index in [9.17, 15) is 4.79 Å². The highest BCUT2D eigenvalue weighted by Crippen LogP contribution is 2.19. The lowest BCUT2D eigenvalue weighted by Crippen LogP contribution is -2.30. The Morgan fingerprint density at radius 1 is 1.29 bits per heavy atom. The molecule has 21 heavy (non-hydrogen) atoms. The van der Waals surface area contributed by atoms with Crippen LogP contribution in [-0.2, 0) is 9.53 Å². The zero-order valence-electron chi connectivity index (χ0n) is 11.5. The van der Waals surface area contributed by atoms with E-state index in [1.54, 1.807) is 31.8 Å². The SMILES string of the molecule is COCCNCC(=O)Nc1ccnc2ccncc12.Cl.Cl. The molecule has 0 aromatic carbocycles. The molecule has 0 fully saturated rings. The van der Waals surface area contributed by atoms with Crippen LogP contribution in [-0.4, -0.2) is 42.7 Å². The number of aromatic nitrogens is 2. The van der Waals surface area contributed by atoms with E-state index in [1.807, 2.05) is 6.07 Å². The number of halogens is 2. The first-order valence-electron chi connectivity index (χ1n) is 5.99. The quantitative estimate of drug-likeness (QED) is 0.786. The predicted molar refractivity (Wildman–Crippen MR) is 87.4 cm³/mol. The summed E-state index contributed by atoms with van der Waals surface area (Å²) in [5, 5.41) is 6.65. The Kier molecular flexibility index (Phi) is 9.56. The van der Waals surface area contributed by atoms with Gasteiger partial charge in [0.15, 0.2) is 0 Å². The summed E-state index contributed by atoms with van der Waals surface area (Å²) < 4.78 is 4.89. The molecule has 0 unspecified atom stereocenters. The van der Waals surface area contributed by atoms with Crippen LogP contribution in [0.15, 0.2) is 30.7 Å². The van der Waals surface area contributed by atoms with Crippen LogP contribution in [0.5, 0.6) is 0 Å². The fourth-order valence-corrected chi connectivity index (χ4v) is 1.67. The van der Waals surface area contributed by atoms with Crippen molar-refractivity contribution in [3.63, 3.8) is 0 Å². The van der Waals surface area contributed by atoms with Crippen LogP contribution in [0.1, 0.15) is 0 Å². The monoisotopic (exact) mass is 332 g/mol. The highest BCUT2D eigenvalue weighted by Gasteiger charge is 2.05. The van der Waals surface area contributed by atoms with Crippen LogP contribution in [0.3, 0.4) is 0 Å². The first-order chi connectivity index (χ1) is 9.31. The molecule has 0 aliphatic carbocycles. The Bertz CT molecular complexity index is 563. The smallest absolute Gasteiger partial charge is 0.238 e. The molecule has 0 spiro atoms. The minimum atomic E-state index is -0.104. The summed E-state index contributed by atoms with van der Waals surface area (Å²) in [6.07, 6.45) is 5.03. The molecule has 116 valence electrons. The molecule has 0 aliphatic heterocycles. The van der Waals surface area contributed by atoms with Gasteiger partial charge in [-0.3, -0.25) is 14.8 Å². The average molecular weight is 333 g/mol. The Balaban J connectivity index is 0.00000200. The van der Waals surface area contributed by atoms with Gasteiger partial charge in [0.1, 0.15) is 0 Å². The van der Waals surface area contributed by atoms with Gasteiger partial charge in [0, 0.05) is 37.6 Å². The second kappa shape index (κ2) is 10.3. The summed E-state index contributed by atoms with van der Waals surface area (Å²) in [7, 11) is 1.62. The largest absolute Gasteiger partial charge is 0.383 e. The molecule has 2 aromatic rings. The number of nitrogens with zero attached hydrogens (tertiary/aromatic N) is 2. The van der Waals surface area contributed by atoms with E-state index in [2.05, 4.69) is 20.6 Å². The third kappa shape index (κ3) is 5.81. The van der Waals surface area contributed by atoms with Gasteiger partial charge in [-0.1, -0.05) is 0 Å². The van der Waals surface area contributed by atoms with Crippen molar-refractivity contribution in [2.75, 3.05) is 32.1 Å². The van der Waals surface area contributed by atoms with Crippen molar-refractivity contribution < 1.29 is 9.53 Å². The first kappa shape index (κ1) is 19.5. The van der Waals surface area contributed by atoms with Gasteiger partial charge >= 0.3 is 0 Å². The lowest BCUT2D eigenvalue weighted by atomic mass is 10.2. The van der Waals surface area contributed by atoms with Crippen molar-refractivity contribution in [1.29, 1.82) is 0 Å². The van der Waals surface area contributed by atoms with Crippen LogP contribution in [0.2, 0.25) is 0 Å². The maximum atomic E-state index is 11.8. The third-order valence-electron chi connectivity index (χ3n) is 2.59. The molecule has 1 amide bonds. The van der Waals surface area contributed by atoms with Gasteiger partial charge < -0.3 is 15.4 Å². The number of methoxy groups -OCH3 is 1. The summed E-state index contributed by atoms with van der Waals surface area (Å²) in [5.74, 6) is -0.104. The number of amides is 1. The molecule has 2 heterocycles. The number of ether oxygens (including phenoxy) is 1. The number of rotatable bonds is 6. The summed E-state index contributed by atoms with van der Waals surface area (Å²) in [4.78, 5) is 20.0. The zero-order valence-corrected chi connectivity index (χ0v) is 13.2. The van der Waals surface area contributed by atoms with Crippen molar-refractivity contribution in [1.82, 2.24) is 15.3 Å². The van der Waals surface area contributed by atoms with Crippen molar-refractivity contribution in [3.8, 4) is 0 Å². The van der Waals surface area contributed by atoms with E-state index in [0.29, 0.717) is 13.2 Å². The average Bonchev–Trinajstić information content (AvgIpc) is 2.44. The minimum absolute atomic E-state index is 0. The van der Waals surface area contributed by atoms with Crippen LogP contribution in [0.25, 0.3) is 10.9 Å². The molecule has 2 rings (SSSR count). The molecule has 0 atom stereocenters. The number of carbonyl (C=O) groups is 1. The van der Waals surface area contributed by atoms with Crippen molar-refractivity contribution in [3.05, 3.63) is 30.7 Å². The standard InChI is InChI=1S/C13H16N4O2.2ClH/c1-19-7-6-15-9-13(18)17-12-3-5-16-11-2-4-14-8-10(11)12;;/h2-5,8,15H,6-7,9H2,1H3,(H,16,17,18);2*1H. The lowest BCUT2D eigenvalue weighted by molar-refractivity contribution is -0.115. The number of hydrogen-bond acceptors (Lipinski definition) is 5. The second-order valence-corrected chi connectivity index (χ2v) is 3.97. The highest BCUT2D eigenvalue weighted by molar-refractivity contribution is 6.01.